The molecule has 1 aromatic carbocycles. The molecule has 0 amide bonds. The number of carbonyl (C=O) groups excluding carboxylic acids is 3. The maximum absolute atomic E-state index is 14.2. The number of ether oxygens (including phenoxy) is 6. The number of nitrogens with zero attached hydrogens (tertiary/aromatic N) is 4. The number of para-hydroxylation sites is 1. The highest BCUT2D eigenvalue weighted by molar-refractivity contribution is 7.52. The van der Waals surface area contributed by atoms with Crippen molar-refractivity contribution >= 4 is 37.0 Å². The van der Waals surface area contributed by atoms with E-state index in [2.05, 4.69) is 15.2 Å². The Morgan fingerprint density at radius 3 is 2.39 bits per heavy atom. The fraction of sp³-hybridized carbons (Fsp3) is 0.467. The van der Waals surface area contributed by atoms with E-state index in [1.54, 1.807) is 30.3 Å². The quantitative estimate of drug-likeness (QED) is 0.116. The molecule has 0 spiro atoms. The van der Waals surface area contributed by atoms with Gasteiger partial charge in [-0.15, -0.1) is 0 Å². The SMILES string of the molecule is COCCC(=O)O[C@H]1[C@H](c2ccc3c(N)ncnn23)O[C@](C#N)(CO[P@@](=O)(NC(C)C(=O)OC)Oc2ccccc2)[C@H]1OC(=O)CCOC. The van der Waals surface area contributed by atoms with Crippen LogP contribution in [0.1, 0.15) is 31.6 Å². The minimum Gasteiger partial charge on any atom is -0.468 e. The Hall–Kier alpha value is -4.63. The van der Waals surface area contributed by atoms with Gasteiger partial charge < -0.3 is 38.7 Å². The first-order chi connectivity index (χ1) is 23.5. The number of nitrogen functional groups attached to an aromatic ring is 1. The van der Waals surface area contributed by atoms with Crippen molar-refractivity contribution in [3.63, 3.8) is 0 Å². The van der Waals surface area contributed by atoms with Crippen LogP contribution < -0.4 is 15.3 Å². The largest absolute Gasteiger partial charge is 0.468 e. The summed E-state index contributed by atoms with van der Waals surface area (Å²) in [5.74, 6) is -2.18. The molecule has 1 fully saturated rings. The molecule has 3 N–H and O–H groups in total. The first kappa shape index (κ1) is 37.2. The number of carbonyl (C=O) groups is 3. The van der Waals surface area contributed by atoms with Gasteiger partial charge in [0.25, 0.3) is 0 Å². The number of hydrogen-bond acceptors (Lipinski definition) is 16. The van der Waals surface area contributed by atoms with E-state index in [4.69, 9.17) is 43.2 Å². The Morgan fingerprint density at radius 1 is 1.08 bits per heavy atom. The number of aromatic nitrogens is 3. The van der Waals surface area contributed by atoms with E-state index in [9.17, 15) is 24.2 Å². The Kier molecular flexibility index (Phi) is 12.6. The molecule has 0 bridgehead atoms. The number of fused-ring (bicyclic) bond motifs is 1. The van der Waals surface area contributed by atoms with Crippen LogP contribution in [0.5, 0.6) is 5.75 Å². The molecular formula is C30H37N6O12P. The van der Waals surface area contributed by atoms with Gasteiger partial charge in [-0.25, -0.2) is 14.1 Å². The highest BCUT2D eigenvalue weighted by atomic mass is 31.2. The van der Waals surface area contributed by atoms with Crippen LogP contribution in [0.2, 0.25) is 0 Å². The van der Waals surface area contributed by atoms with E-state index >= 15 is 0 Å². The molecule has 1 aliphatic heterocycles. The molecule has 49 heavy (non-hydrogen) atoms. The number of methoxy groups -OCH3 is 3. The van der Waals surface area contributed by atoms with Crippen LogP contribution in [0, 0.1) is 11.3 Å². The summed E-state index contributed by atoms with van der Waals surface area (Å²) in [7, 11) is -0.626. The molecular weight excluding hydrogens is 667 g/mol. The molecule has 0 radical (unpaired) electrons. The summed E-state index contributed by atoms with van der Waals surface area (Å²) in [6, 6.07) is 11.8. The number of esters is 3. The smallest absolute Gasteiger partial charge is 0.459 e. The van der Waals surface area contributed by atoms with Crippen molar-refractivity contribution in [1.82, 2.24) is 19.7 Å². The predicted molar refractivity (Wildman–Crippen MR) is 168 cm³/mol. The molecule has 1 aliphatic rings. The van der Waals surface area contributed by atoms with Crippen LogP contribution in [0.15, 0.2) is 48.8 Å². The van der Waals surface area contributed by atoms with Crippen LogP contribution in [-0.2, 0) is 51.9 Å². The lowest BCUT2D eigenvalue weighted by Gasteiger charge is -2.30. The molecule has 3 heterocycles. The van der Waals surface area contributed by atoms with Crippen molar-refractivity contribution in [1.29, 1.82) is 5.26 Å². The van der Waals surface area contributed by atoms with Gasteiger partial charge >= 0.3 is 25.7 Å². The first-order valence-corrected chi connectivity index (χ1v) is 16.4. The van der Waals surface area contributed by atoms with Crippen molar-refractivity contribution in [3.8, 4) is 11.8 Å². The molecule has 2 aromatic heterocycles. The average molecular weight is 705 g/mol. The van der Waals surface area contributed by atoms with E-state index in [1.807, 2.05) is 6.07 Å². The second-order valence-electron chi connectivity index (χ2n) is 10.6. The fourth-order valence-corrected chi connectivity index (χ4v) is 6.39. The second kappa shape index (κ2) is 16.7. The number of anilines is 1. The third-order valence-electron chi connectivity index (χ3n) is 7.26. The molecule has 4 rings (SSSR count). The zero-order valence-corrected chi connectivity index (χ0v) is 28.1. The van der Waals surface area contributed by atoms with Crippen molar-refractivity contribution in [3.05, 3.63) is 54.5 Å². The highest BCUT2D eigenvalue weighted by Gasteiger charge is 2.62. The fourth-order valence-electron chi connectivity index (χ4n) is 4.87. The Balaban J connectivity index is 1.79. The van der Waals surface area contributed by atoms with Crippen molar-refractivity contribution in [2.75, 3.05) is 46.9 Å². The summed E-state index contributed by atoms with van der Waals surface area (Å²) in [5, 5.41) is 17.4. The van der Waals surface area contributed by atoms with Gasteiger partial charge in [0.05, 0.1) is 38.9 Å². The first-order valence-electron chi connectivity index (χ1n) is 14.9. The number of nitriles is 1. The maximum atomic E-state index is 14.2. The predicted octanol–water partition coefficient (Wildman–Crippen LogP) is 1.90. The van der Waals surface area contributed by atoms with E-state index in [1.165, 1.54) is 44.1 Å². The monoisotopic (exact) mass is 704 g/mol. The van der Waals surface area contributed by atoms with Crippen molar-refractivity contribution < 1.29 is 56.4 Å². The van der Waals surface area contributed by atoms with Gasteiger partial charge in [0.1, 0.15) is 42.4 Å². The summed E-state index contributed by atoms with van der Waals surface area (Å²) in [6.45, 7) is 0.447. The summed E-state index contributed by atoms with van der Waals surface area (Å²) in [6.07, 6.45) is -3.73. The zero-order chi connectivity index (χ0) is 35.6. The van der Waals surface area contributed by atoms with Gasteiger partial charge in [0, 0.05) is 14.2 Å². The van der Waals surface area contributed by atoms with Crippen molar-refractivity contribution in [2.24, 2.45) is 0 Å². The molecule has 1 saturated heterocycles. The number of nitrogens with one attached hydrogen (secondary N) is 1. The minimum absolute atomic E-state index is 0.00372. The highest BCUT2D eigenvalue weighted by Crippen LogP contribution is 2.50. The van der Waals surface area contributed by atoms with Gasteiger partial charge in [-0.1, -0.05) is 18.2 Å². The Labute approximate surface area is 281 Å². The van der Waals surface area contributed by atoms with Crippen molar-refractivity contribution in [2.45, 2.75) is 49.7 Å². The minimum atomic E-state index is -4.55. The molecule has 18 nitrogen and oxygen atoms in total. The normalized spacial score (nSPS) is 22.1. The molecule has 0 saturated carbocycles. The molecule has 264 valence electrons. The second-order valence-corrected chi connectivity index (χ2v) is 12.3. The number of benzene rings is 1. The van der Waals surface area contributed by atoms with Gasteiger partial charge in [0.2, 0.25) is 5.60 Å². The molecule has 6 atom stereocenters. The lowest BCUT2D eigenvalue weighted by Crippen LogP contribution is -2.50. The zero-order valence-electron chi connectivity index (χ0n) is 27.2. The topological polar surface area (TPSA) is 234 Å². The van der Waals surface area contributed by atoms with E-state index in [0.717, 1.165) is 7.11 Å². The molecule has 0 aliphatic carbocycles. The standard InChI is InChI=1S/C30H37N6O12P/c1-19(29(39)43-4)35-49(40,48-20-8-6-5-7-9-20)44-17-30(16-31)27(46-24(38)13-15-42-3)26(45-23(37)12-14-41-2)25(47-30)21-10-11-22-28(32)33-18-34-36(21)22/h5-11,18-19,25-27H,12-15,17H2,1-4H3,(H,35,40)(H2,32,33,34)/t19?,25-,26-,27-,30+,49-/m0/s1. The Bertz CT molecular complexity index is 1700. The summed E-state index contributed by atoms with van der Waals surface area (Å²) >= 11 is 0. The van der Waals surface area contributed by atoms with Gasteiger partial charge in [-0.2, -0.15) is 15.4 Å². The van der Waals surface area contributed by atoms with E-state index in [0.29, 0.717) is 5.52 Å². The van der Waals surface area contributed by atoms with Crippen LogP contribution >= 0.6 is 7.75 Å². The molecule has 3 aromatic rings. The average Bonchev–Trinajstić information content (AvgIpc) is 3.65. The van der Waals surface area contributed by atoms with Crippen LogP contribution in [0.4, 0.5) is 5.82 Å². The van der Waals surface area contributed by atoms with E-state index in [-0.39, 0.29) is 43.3 Å². The van der Waals surface area contributed by atoms with Crippen LogP contribution in [-0.4, -0.2) is 97.5 Å². The number of hydrogen-bond donors (Lipinski definition) is 2. The summed E-state index contributed by atoms with van der Waals surface area (Å²) in [4.78, 5) is 42.3. The maximum Gasteiger partial charge on any atom is 0.459 e. The molecule has 1 unspecified atom stereocenters. The Morgan fingerprint density at radius 2 is 1.76 bits per heavy atom. The van der Waals surface area contributed by atoms with Crippen LogP contribution in [0.3, 0.4) is 0 Å². The third kappa shape index (κ3) is 8.89. The van der Waals surface area contributed by atoms with Gasteiger partial charge in [-0.3, -0.25) is 18.9 Å². The molecule has 19 heteroatoms. The number of nitrogens with two attached hydrogens (primary N) is 1. The summed E-state index contributed by atoms with van der Waals surface area (Å²) < 4.78 is 59.7. The lowest BCUT2D eigenvalue weighted by atomic mass is 9.95. The summed E-state index contributed by atoms with van der Waals surface area (Å²) in [5.41, 5.74) is 4.35. The van der Waals surface area contributed by atoms with Gasteiger partial charge in [0.15, 0.2) is 18.0 Å². The van der Waals surface area contributed by atoms with Gasteiger partial charge in [-0.05, 0) is 31.2 Å². The van der Waals surface area contributed by atoms with E-state index < -0.39 is 62.2 Å². The third-order valence-corrected chi connectivity index (χ3v) is 8.88. The number of rotatable bonds is 17. The lowest BCUT2D eigenvalue weighted by molar-refractivity contribution is -0.170. The van der Waals surface area contributed by atoms with Crippen LogP contribution in [0.25, 0.3) is 5.52 Å².